The van der Waals surface area contributed by atoms with Crippen molar-refractivity contribution in [3.8, 4) is 16.9 Å². The molecule has 1 amide bonds. The van der Waals surface area contributed by atoms with Crippen LogP contribution in [0.4, 0.5) is 4.39 Å². The van der Waals surface area contributed by atoms with Crippen LogP contribution in [-0.4, -0.2) is 82.1 Å². The van der Waals surface area contributed by atoms with Crippen molar-refractivity contribution < 1.29 is 13.9 Å². The highest BCUT2D eigenvalue weighted by atomic mass is 19.1. The number of nitrogens with zero attached hydrogens (tertiary/aromatic N) is 5. The summed E-state index contributed by atoms with van der Waals surface area (Å²) in [5, 5.41) is 8.53. The molecular formula is C26H27FN6O3. The molecule has 4 aromatic rings. The summed E-state index contributed by atoms with van der Waals surface area (Å²) < 4.78 is 20.8. The number of rotatable bonds is 7. The SMILES string of the molecule is COCCCN1CCN(C(=O)c2ccc(-n3cc(-c4cc5c(F)cccc5[nH]c4=O)nn3)cc2)CC1. The standard InChI is InChI=1S/C26H27FN6O3/c1-36-15-3-10-31-11-13-32(14-12-31)26(35)18-6-8-19(9-7-18)33-17-24(29-30-33)21-16-20-22(27)4-2-5-23(20)28-25(21)34/h2,4-9,16-17H,3,10-15H2,1H3,(H,28,34). The van der Waals surface area contributed by atoms with E-state index in [2.05, 4.69) is 20.2 Å². The van der Waals surface area contributed by atoms with E-state index in [0.29, 0.717) is 40.9 Å². The summed E-state index contributed by atoms with van der Waals surface area (Å²) in [6.07, 6.45) is 2.60. The first kappa shape index (κ1) is 23.8. The molecule has 0 saturated carbocycles. The number of carbonyl (C=O) groups excluding carboxylic acids is 1. The highest BCUT2D eigenvalue weighted by Crippen LogP contribution is 2.21. The van der Waals surface area contributed by atoms with Gasteiger partial charge in [0.1, 0.15) is 11.5 Å². The van der Waals surface area contributed by atoms with E-state index in [0.717, 1.165) is 32.7 Å². The van der Waals surface area contributed by atoms with Crippen molar-refractivity contribution in [2.24, 2.45) is 0 Å². The Morgan fingerprint density at radius 2 is 1.89 bits per heavy atom. The lowest BCUT2D eigenvalue weighted by molar-refractivity contribution is 0.0624. The molecule has 0 spiro atoms. The van der Waals surface area contributed by atoms with E-state index in [1.807, 2.05) is 4.90 Å². The molecule has 0 atom stereocenters. The van der Waals surface area contributed by atoms with Gasteiger partial charge >= 0.3 is 0 Å². The highest BCUT2D eigenvalue weighted by Gasteiger charge is 2.22. The van der Waals surface area contributed by atoms with Gasteiger partial charge in [-0.3, -0.25) is 14.5 Å². The smallest absolute Gasteiger partial charge is 0.258 e. The molecule has 1 saturated heterocycles. The summed E-state index contributed by atoms with van der Waals surface area (Å²) >= 11 is 0. The Morgan fingerprint density at radius 1 is 1.11 bits per heavy atom. The molecule has 1 fully saturated rings. The van der Waals surface area contributed by atoms with E-state index in [9.17, 15) is 14.0 Å². The van der Waals surface area contributed by atoms with Crippen LogP contribution in [0.25, 0.3) is 27.8 Å². The minimum absolute atomic E-state index is 0.00194. The van der Waals surface area contributed by atoms with Crippen LogP contribution in [0.1, 0.15) is 16.8 Å². The monoisotopic (exact) mass is 490 g/mol. The van der Waals surface area contributed by atoms with Gasteiger partial charge in [-0.15, -0.1) is 5.10 Å². The quantitative estimate of drug-likeness (QED) is 0.400. The fraction of sp³-hybridized carbons (Fsp3) is 0.308. The zero-order valence-electron chi connectivity index (χ0n) is 20.0. The van der Waals surface area contributed by atoms with Crippen molar-refractivity contribution in [1.82, 2.24) is 29.8 Å². The Balaban J connectivity index is 1.27. The van der Waals surface area contributed by atoms with Crippen molar-refractivity contribution in [3.63, 3.8) is 0 Å². The molecule has 0 unspecified atom stereocenters. The molecule has 0 aliphatic carbocycles. The predicted octanol–water partition coefficient (Wildman–Crippen LogP) is 2.71. The molecule has 186 valence electrons. The molecule has 36 heavy (non-hydrogen) atoms. The van der Waals surface area contributed by atoms with Crippen LogP contribution in [0.5, 0.6) is 0 Å². The van der Waals surface area contributed by atoms with Crippen molar-refractivity contribution in [2.75, 3.05) is 46.4 Å². The van der Waals surface area contributed by atoms with Crippen LogP contribution >= 0.6 is 0 Å². The number of hydrogen-bond donors (Lipinski definition) is 1. The molecule has 2 aromatic heterocycles. The summed E-state index contributed by atoms with van der Waals surface area (Å²) in [6.45, 7) is 4.82. The molecule has 9 nitrogen and oxygen atoms in total. The predicted molar refractivity (Wildman–Crippen MR) is 134 cm³/mol. The second-order valence-electron chi connectivity index (χ2n) is 8.79. The number of nitrogens with one attached hydrogen (secondary N) is 1. The van der Waals surface area contributed by atoms with Crippen LogP contribution in [0, 0.1) is 5.82 Å². The second kappa shape index (κ2) is 10.4. The number of hydrogen-bond acceptors (Lipinski definition) is 6. The lowest BCUT2D eigenvalue weighted by Gasteiger charge is -2.34. The Labute approximate surface area is 207 Å². The van der Waals surface area contributed by atoms with E-state index in [-0.39, 0.29) is 17.0 Å². The molecule has 0 bridgehead atoms. The summed E-state index contributed by atoms with van der Waals surface area (Å²) in [6, 6.07) is 13.1. The van der Waals surface area contributed by atoms with Crippen molar-refractivity contribution in [3.05, 3.63) is 76.5 Å². The van der Waals surface area contributed by atoms with Gasteiger partial charge < -0.3 is 14.6 Å². The van der Waals surface area contributed by atoms with Crippen LogP contribution in [-0.2, 0) is 4.74 Å². The molecule has 0 radical (unpaired) electrons. The fourth-order valence-corrected chi connectivity index (χ4v) is 4.44. The van der Waals surface area contributed by atoms with Gasteiger partial charge in [0.15, 0.2) is 0 Å². The number of halogens is 1. The first-order valence-corrected chi connectivity index (χ1v) is 11.9. The van der Waals surface area contributed by atoms with Gasteiger partial charge in [-0.05, 0) is 48.9 Å². The van der Waals surface area contributed by atoms with Crippen molar-refractivity contribution >= 4 is 16.8 Å². The summed E-state index contributed by atoms with van der Waals surface area (Å²) in [7, 11) is 1.71. The van der Waals surface area contributed by atoms with E-state index < -0.39 is 5.82 Å². The number of H-pyrrole nitrogens is 1. The maximum atomic E-state index is 14.2. The average Bonchev–Trinajstić information content (AvgIpc) is 3.39. The zero-order chi connectivity index (χ0) is 25.1. The Bertz CT molecular complexity index is 1420. The molecule has 3 heterocycles. The number of pyridine rings is 1. The van der Waals surface area contributed by atoms with Gasteiger partial charge in [-0.2, -0.15) is 0 Å². The number of carbonyl (C=O) groups is 1. The largest absolute Gasteiger partial charge is 0.385 e. The number of amides is 1. The summed E-state index contributed by atoms with van der Waals surface area (Å²) in [5.74, 6) is -0.424. The van der Waals surface area contributed by atoms with Gasteiger partial charge in [0, 0.05) is 57.4 Å². The maximum Gasteiger partial charge on any atom is 0.258 e. The number of benzene rings is 2. The van der Waals surface area contributed by atoms with Gasteiger partial charge in [0.05, 0.1) is 23.0 Å². The minimum Gasteiger partial charge on any atom is -0.385 e. The van der Waals surface area contributed by atoms with E-state index in [1.54, 1.807) is 49.7 Å². The van der Waals surface area contributed by atoms with Crippen molar-refractivity contribution in [2.45, 2.75) is 6.42 Å². The van der Waals surface area contributed by atoms with Crippen LogP contribution in [0.2, 0.25) is 0 Å². The third-order valence-electron chi connectivity index (χ3n) is 6.46. The Morgan fingerprint density at radius 3 is 2.64 bits per heavy atom. The minimum atomic E-state index is -0.426. The number of ether oxygens (including phenoxy) is 1. The van der Waals surface area contributed by atoms with Crippen LogP contribution in [0.3, 0.4) is 0 Å². The fourth-order valence-electron chi connectivity index (χ4n) is 4.44. The number of aromatic amines is 1. The molecule has 5 rings (SSSR count). The number of methoxy groups -OCH3 is 1. The maximum absolute atomic E-state index is 14.2. The lowest BCUT2D eigenvalue weighted by Crippen LogP contribution is -2.48. The van der Waals surface area contributed by atoms with E-state index >= 15 is 0 Å². The summed E-state index contributed by atoms with van der Waals surface area (Å²) in [5.41, 5.74) is 1.89. The zero-order valence-corrected chi connectivity index (χ0v) is 20.0. The lowest BCUT2D eigenvalue weighted by atomic mass is 10.1. The molecule has 2 aromatic carbocycles. The molecule has 1 aliphatic heterocycles. The number of aromatic nitrogens is 4. The third-order valence-corrected chi connectivity index (χ3v) is 6.46. The number of fused-ring (bicyclic) bond motifs is 1. The Hall–Kier alpha value is -3.89. The third kappa shape index (κ3) is 4.91. The normalized spacial score (nSPS) is 14.4. The van der Waals surface area contributed by atoms with Crippen LogP contribution in [0.15, 0.2) is 59.5 Å². The molecular weight excluding hydrogens is 463 g/mol. The first-order chi connectivity index (χ1) is 17.5. The first-order valence-electron chi connectivity index (χ1n) is 11.9. The van der Waals surface area contributed by atoms with Gasteiger partial charge in [-0.1, -0.05) is 11.3 Å². The summed E-state index contributed by atoms with van der Waals surface area (Å²) in [4.78, 5) is 32.4. The van der Waals surface area contributed by atoms with E-state index in [4.69, 9.17) is 4.74 Å². The van der Waals surface area contributed by atoms with E-state index in [1.165, 1.54) is 16.8 Å². The highest BCUT2D eigenvalue weighted by molar-refractivity contribution is 5.94. The number of piperazine rings is 1. The second-order valence-corrected chi connectivity index (χ2v) is 8.79. The molecule has 1 N–H and O–H groups in total. The molecule has 10 heteroatoms. The van der Waals surface area contributed by atoms with Crippen molar-refractivity contribution in [1.29, 1.82) is 0 Å². The van der Waals surface area contributed by atoms with Gasteiger partial charge in [0.25, 0.3) is 11.5 Å². The average molecular weight is 491 g/mol. The Kier molecular flexibility index (Phi) is 6.88. The molecule has 1 aliphatic rings. The van der Waals surface area contributed by atoms with Gasteiger partial charge in [-0.25, -0.2) is 9.07 Å². The topological polar surface area (TPSA) is 96.3 Å². The van der Waals surface area contributed by atoms with Crippen LogP contribution < -0.4 is 5.56 Å². The van der Waals surface area contributed by atoms with Gasteiger partial charge in [0.2, 0.25) is 0 Å².